The van der Waals surface area contributed by atoms with Gasteiger partial charge in [0.1, 0.15) is 11.9 Å². The van der Waals surface area contributed by atoms with Gasteiger partial charge in [-0.25, -0.2) is 9.18 Å². The van der Waals surface area contributed by atoms with Crippen molar-refractivity contribution in [1.82, 2.24) is 14.9 Å². The van der Waals surface area contributed by atoms with Crippen molar-refractivity contribution >= 4 is 22.6 Å². The normalized spacial score (nSPS) is 12.8. The smallest absolute Gasteiger partial charge is 0.417 e. The first kappa shape index (κ1) is 29.2. The predicted octanol–water partition coefficient (Wildman–Crippen LogP) is 5.20. The molecule has 0 fully saturated rings. The number of benzene rings is 2. The van der Waals surface area contributed by atoms with Crippen LogP contribution in [0.4, 0.5) is 30.7 Å². The lowest BCUT2D eigenvalue weighted by Gasteiger charge is -2.19. The van der Waals surface area contributed by atoms with Gasteiger partial charge in [-0.05, 0) is 35.2 Å². The van der Waals surface area contributed by atoms with Gasteiger partial charge in [0.05, 0.1) is 27.9 Å². The van der Waals surface area contributed by atoms with E-state index < -0.39 is 70.3 Å². The second-order valence-electron chi connectivity index (χ2n) is 8.92. The van der Waals surface area contributed by atoms with Crippen LogP contribution in [0.5, 0.6) is 0 Å². The maximum absolute atomic E-state index is 14.3. The quantitative estimate of drug-likeness (QED) is 0.305. The number of nitrogens with zero attached hydrogens (tertiary/aromatic N) is 2. The van der Waals surface area contributed by atoms with Crippen molar-refractivity contribution in [3.05, 3.63) is 99.3 Å². The van der Waals surface area contributed by atoms with Gasteiger partial charge in [0.2, 0.25) is 0 Å². The summed E-state index contributed by atoms with van der Waals surface area (Å²) in [6.45, 7) is 0. The van der Waals surface area contributed by atoms with Crippen molar-refractivity contribution in [2.75, 3.05) is 0 Å². The molecular weight excluding hydrogens is 563 g/mol. The Morgan fingerprint density at radius 3 is 2.24 bits per heavy atom. The summed E-state index contributed by atoms with van der Waals surface area (Å²) in [4.78, 5) is 41.5. The zero-order chi connectivity index (χ0) is 30.3. The van der Waals surface area contributed by atoms with E-state index in [0.29, 0.717) is 12.1 Å². The van der Waals surface area contributed by atoms with Crippen molar-refractivity contribution in [3.8, 4) is 11.3 Å². The van der Waals surface area contributed by atoms with Crippen LogP contribution in [0.25, 0.3) is 22.0 Å². The fourth-order valence-electron chi connectivity index (χ4n) is 4.38. The fourth-order valence-corrected chi connectivity index (χ4v) is 4.38. The topological polar surface area (TPSA) is 101 Å². The fraction of sp³-hybridized carbons (Fsp3) is 0.185. The molecule has 4 rings (SSSR count). The standard InChI is InChI=1S/C27H18F7N3O4/c1-37-11-9-17(27(32,33)34)21(24(37)39)22-15-5-2-4-13(14(15)8-10-35-22)12-19(25(40)41)36-23(38)20-16(26(29,30)31)6-3-7-18(20)28/h2-11,19H,12H2,1H3,(H,36,38)(H,40,41)/t19-/m0/s1. The number of hydrogen-bond donors (Lipinski definition) is 2. The molecule has 0 aliphatic rings. The summed E-state index contributed by atoms with van der Waals surface area (Å²) in [5, 5.41) is 11.8. The summed E-state index contributed by atoms with van der Waals surface area (Å²) < 4.78 is 96.7. The molecule has 2 aromatic carbocycles. The molecule has 214 valence electrons. The highest BCUT2D eigenvalue weighted by Gasteiger charge is 2.38. The molecule has 2 N–H and O–H groups in total. The van der Waals surface area contributed by atoms with Crippen LogP contribution in [0, 0.1) is 5.82 Å². The summed E-state index contributed by atoms with van der Waals surface area (Å²) >= 11 is 0. The summed E-state index contributed by atoms with van der Waals surface area (Å²) in [6, 6.07) is 6.10. The first-order chi connectivity index (χ1) is 19.1. The summed E-state index contributed by atoms with van der Waals surface area (Å²) in [7, 11) is 1.25. The Balaban J connectivity index is 1.79. The Morgan fingerprint density at radius 1 is 0.951 bits per heavy atom. The number of aliphatic carboxylic acids is 1. The summed E-state index contributed by atoms with van der Waals surface area (Å²) in [5.74, 6) is -4.83. The van der Waals surface area contributed by atoms with Crippen molar-refractivity contribution in [2.24, 2.45) is 7.05 Å². The van der Waals surface area contributed by atoms with Crippen LogP contribution in [0.3, 0.4) is 0 Å². The van der Waals surface area contributed by atoms with Gasteiger partial charge < -0.3 is 15.0 Å². The average molecular weight is 581 g/mol. The molecule has 0 unspecified atom stereocenters. The number of carbonyl (C=O) groups is 2. The molecule has 0 aliphatic carbocycles. The number of pyridine rings is 2. The molecular formula is C27H18F7N3O4. The van der Waals surface area contributed by atoms with Crippen LogP contribution in [0.2, 0.25) is 0 Å². The molecule has 2 heterocycles. The van der Waals surface area contributed by atoms with Crippen LogP contribution >= 0.6 is 0 Å². The van der Waals surface area contributed by atoms with E-state index in [2.05, 4.69) is 4.98 Å². The Hall–Kier alpha value is -4.75. The third kappa shape index (κ3) is 5.76. The van der Waals surface area contributed by atoms with Gasteiger partial charge in [-0.3, -0.25) is 14.6 Å². The molecule has 1 atom stereocenters. The zero-order valence-corrected chi connectivity index (χ0v) is 20.8. The van der Waals surface area contributed by atoms with Gasteiger partial charge in [-0.2, -0.15) is 26.3 Å². The lowest BCUT2D eigenvalue weighted by molar-refractivity contribution is -0.139. The Kier molecular flexibility index (Phi) is 7.61. The van der Waals surface area contributed by atoms with E-state index in [9.17, 15) is 50.2 Å². The second-order valence-corrected chi connectivity index (χ2v) is 8.92. The van der Waals surface area contributed by atoms with Crippen LogP contribution in [0.1, 0.15) is 27.0 Å². The lowest BCUT2D eigenvalue weighted by Crippen LogP contribution is -2.43. The highest BCUT2D eigenvalue weighted by molar-refractivity contribution is 5.99. The molecule has 4 aromatic rings. The maximum atomic E-state index is 14.3. The number of hydrogen-bond acceptors (Lipinski definition) is 4. The van der Waals surface area contributed by atoms with E-state index >= 15 is 0 Å². The number of rotatable bonds is 6. The average Bonchev–Trinajstić information content (AvgIpc) is 2.88. The van der Waals surface area contributed by atoms with Crippen molar-refractivity contribution < 1.29 is 45.4 Å². The molecule has 14 heteroatoms. The molecule has 0 bridgehead atoms. The molecule has 0 radical (unpaired) electrons. The molecule has 0 saturated heterocycles. The number of fused-ring (bicyclic) bond motifs is 1. The number of amides is 1. The Bertz CT molecular complexity index is 1730. The van der Waals surface area contributed by atoms with E-state index in [-0.39, 0.29) is 22.0 Å². The summed E-state index contributed by atoms with van der Waals surface area (Å²) in [6.07, 6.45) is -8.53. The first-order valence-electron chi connectivity index (χ1n) is 11.6. The minimum absolute atomic E-state index is 0.0442. The van der Waals surface area contributed by atoms with E-state index in [4.69, 9.17) is 0 Å². The minimum atomic E-state index is -5.11. The van der Waals surface area contributed by atoms with Gasteiger partial charge in [-0.1, -0.05) is 24.3 Å². The first-order valence-corrected chi connectivity index (χ1v) is 11.6. The number of carboxylic acids is 1. The van der Waals surface area contributed by atoms with Gasteiger partial charge in [0, 0.05) is 31.2 Å². The van der Waals surface area contributed by atoms with Crippen LogP contribution in [-0.2, 0) is 30.6 Å². The predicted molar refractivity (Wildman–Crippen MR) is 131 cm³/mol. The number of alkyl halides is 6. The molecule has 41 heavy (non-hydrogen) atoms. The SMILES string of the molecule is Cn1ccc(C(F)(F)F)c(-c2nccc3c(C[C@H](NC(=O)c4c(F)cccc4C(F)(F)F)C(=O)O)cccc23)c1=O. The molecule has 0 spiro atoms. The van der Waals surface area contributed by atoms with Gasteiger partial charge in [0.15, 0.2) is 0 Å². The van der Waals surface area contributed by atoms with E-state index in [1.54, 1.807) is 0 Å². The van der Waals surface area contributed by atoms with E-state index in [1.165, 1.54) is 31.3 Å². The number of aryl methyl sites for hydroxylation is 1. The Morgan fingerprint density at radius 2 is 1.61 bits per heavy atom. The van der Waals surface area contributed by atoms with Crippen LogP contribution in [0.15, 0.2) is 65.7 Å². The Labute approximate surface area is 225 Å². The number of carboxylic acid groups (broad SMARTS) is 1. The summed E-state index contributed by atoms with van der Waals surface area (Å²) in [5.41, 5.74) is -6.18. The van der Waals surface area contributed by atoms with Gasteiger partial charge >= 0.3 is 18.3 Å². The number of halogens is 7. The number of aromatic nitrogens is 2. The zero-order valence-electron chi connectivity index (χ0n) is 20.8. The molecule has 0 saturated carbocycles. The van der Waals surface area contributed by atoms with E-state index in [1.807, 2.05) is 5.32 Å². The largest absolute Gasteiger partial charge is 0.480 e. The van der Waals surface area contributed by atoms with Crippen molar-refractivity contribution in [1.29, 1.82) is 0 Å². The molecule has 1 amide bonds. The van der Waals surface area contributed by atoms with Crippen LogP contribution < -0.4 is 10.9 Å². The molecule has 7 nitrogen and oxygen atoms in total. The number of nitrogens with one attached hydrogen (secondary N) is 1. The number of carbonyl (C=O) groups excluding carboxylic acids is 1. The van der Waals surface area contributed by atoms with Gasteiger partial charge in [0.25, 0.3) is 11.5 Å². The lowest BCUT2D eigenvalue weighted by atomic mass is 9.95. The van der Waals surface area contributed by atoms with E-state index in [0.717, 1.165) is 29.1 Å². The third-order valence-electron chi connectivity index (χ3n) is 6.28. The molecule has 0 aliphatic heterocycles. The van der Waals surface area contributed by atoms with Crippen LogP contribution in [-0.4, -0.2) is 32.6 Å². The highest BCUT2D eigenvalue weighted by atomic mass is 19.4. The van der Waals surface area contributed by atoms with Gasteiger partial charge in [-0.15, -0.1) is 0 Å². The maximum Gasteiger partial charge on any atom is 0.417 e. The highest BCUT2D eigenvalue weighted by Crippen LogP contribution is 2.37. The third-order valence-corrected chi connectivity index (χ3v) is 6.28. The monoisotopic (exact) mass is 581 g/mol. The second kappa shape index (κ2) is 10.7. The minimum Gasteiger partial charge on any atom is -0.480 e. The molecule has 2 aromatic heterocycles. The van der Waals surface area contributed by atoms with Crippen molar-refractivity contribution in [2.45, 2.75) is 24.8 Å². The van der Waals surface area contributed by atoms with Crippen molar-refractivity contribution in [3.63, 3.8) is 0 Å².